The fraction of sp³-hybridized carbons (Fsp3) is 0.294. The summed E-state index contributed by atoms with van der Waals surface area (Å²) in [6.45, 7) is 0.469. The van der Waals surface area contributed by atoms with E-state index in [9.17, 15) is 14.4 Å². The molecule has 0 saturated carbocycles. The smallest absolute Gasteiger partial charge is 0.325 e. The second-order valence-corrected chi connectivity index (χ2v) is 5.63. The first-order valence-corrected chi connectivity index (χ1v) is 7.94. The molecule has 1 aliphatic rings. The molecule has 3 rings (SSSR count). The van der Waals surface area contributed by atoms with Crippen molar-refractivity contribution in [1.29, 1.82) is 0 Å². The molecule has 1 aliphatic heterocycles. The lowest BCUT2D eigenvalue weighted by molar-refractivity contribution is -0.131. The molecule has 4 amide bonds. The average Bonchev–Trinajstić information content (AvgIpc) is 3.20. The molecule has 3 heterocycles. The van der Waals surface area contributed by atoms with Gasteiger partial charge in [0, 0.05) is 24.9 Å². The quantitative estimate of drug-likeness (QED) is 0.726. The maximum atomic E-state index is 12.3. The third-order valence-electron chi connectivity index (χ3n) is 3.82. The zero-order valence-electron chi connectivity index (χ0n) is 13.5. The van der Waals surface area contributed by atoms with Gasteiger partial charge < -0.3 is 15.1 Å². The van der Waals surface area contributed by atoms with Gasteiger partial charge in [0.2, 0.25) is 5.91 Å². The van der Waals surface area contributed by atoms with Gasteiger partial charge in [0.15, 0.2) is 0 Å². The Kier molecular flexibility index (Phi) is 5.08. The van der Waals surface area contributed by atoms with Crippen LogP contribution < -0.4 is 10.6 Å². The van der Waals surface area contributed by atoms with Crippen molar-refractivity contribution in [3.05, 3.63) is 54.2 Å². The van der Waals surface area contributed by atoms with Gasteiger partial charge in [-0.3, -0.25) is 19.5 Å². The average molecular weight is 342 g/mol. The molecule has 8 heteroatoms. The van der Waals surface area contributed by atoms with Crippen LogP contribution in [-0.4, -0.2) is 40.3 Å². The number of rotatable bonds is 7. The summed E-state index contributed by atoms with van der Waals surface area (Å²) >= 11 is 0. The summed E-state index contributed by atoms with van der Waals surface area (Å²) in [6.07, 6.45) is 3.67. The molecule has 8 nitrogen and oxygen atoms in total. The van der Waals surface area contributed by atoms with Crippen molar-refractivity contribution in [2.24, 2.45) is 0 Å². The summed E-state index contributed by atoms with van der Waals surface area (Å²) < 4.78 is 5.14. The first-order valence-electron chi connectivity index (χ1n) is 7.94. The number of nitrogens with one attached hydrogen (secondary N) is 2. The minimum Gasteiger partial charge on any atom is -0.467 e. The molecule has 130 valence electrons. The fourth-order valence-electron chi connectivity index (χ4n) is 2.56. The molecule has 1 saturated heterocycles. The second kappa shape index (κ2) is 7.61. The van der Waals surface area contributed by atoms with Gasteiger partial charge in [0.1, 0.15) is 11.8 Å². The Bertz CT molecular complexity index is 745. The lowest BCUT2D eigenvalue weighted by Crippen LogP contribution is -2.37. The van der Waals surface area contributed by atoms with Crippen molar-refractivity contribution in [1.82, 2.24) is 20.5 Å². The van der Waals surface area contributed by atoms with Gasteiger partial charge in [-0.15, -0.1) is 0 Å². The van der Waals surface area contributed by atoms with Crippen molar-refractivity contribution < 1.29 is 18.8 Å². The van der Waals surface area contributed by atoms with Crippen LogP contribution in [0.15, 0.2) is 47.2 Å². The normalized spacial score (nSPS) is 16.8. The summed E-state index contributed by atoms with van der Waals surface area (Å²) in [6, 6.07) is 7.57. The summed E-state index contributed by atoms with van der Waals surface area (Å²) in [5.74, 6) is -0.223. The van der Waals surface area contributed by atoms with Gasteiger partial charge in [-0.05, 0) is 24.3 Å². The molecule has 0 bridgehead atoms. The van der Waals surface area contributed by atoms with E-state index in [-0.39, 0.29) is 18.9 Å². The highest BCUT2D eigenvalue weighted by Gasteiger charge is 2.39. The third-order valence-corrected chi connectivity index (χ3v) is 3.82. The molecule has 0 radical (unpaired) electrons. The summed E-state index contributed by atoms with van der Waals surface area (Å²) in [4.78, 5) is 41.4. The number of hydrogen-bond acceptors (Lipinski definition) is 5. The van der Waals surface area contributed by atoms with Crippen molar-refractivity contribution in [3.8, 4) is 0 Å². The van der Waals surface area contributed by atoms with Gasteiger partial charge >= 0.3 is 6.03 Å². The Labute approximate surface area is 144 Å². The van der Waals surface area contributed by atoms with Gasteiger partial charge in [0.25, 0.3) is 5.91 Å². The number of carbonyl (C=O) groups excluding carboxylic acids is 3. The number of amides is 4. The van der Waals surface area contributed by atoms with E-state index in [2.05, 4.69) is 15.6 Å². The number of imide groups is 1. The van der Waals surface area contributed by atoms with E-state index < -0.39 is 18.0 Å². The van der Waals surface area contributed by atoms with Crippen molar-refractivity contribution in [3.63, 3.8) is 0 Å². The van der Waals surface area contributed by atoms with Gasteiger partial charge in [-0.25, -0.2) is 4.79 Å². The lowest BCUT2D eigenvalue weighted by Gasteiger charge is -2.11. The van der Waals surface area contributed by atoms with Gasteiger partial charge in [0.05, 0.1) is 19.2 Å². The van der Waals surface area contributed by atoms with E-state index in [1.54, 1.807) is 18.3 Å². The van der Waals surface area contributed by atoms with Crippen LogP contribution in [-0.2, 0) is 22.6 Å². The summed E-state index contributed by atoms with van der Waals surface area (Å²) in [7, 11) is 0. The second-order valence-electron chi connectivity index (χ2n) is 5.63. The molecule has 0 unspecified atom stereocenters. The predicted molar refractivity (Wildman–Crippen MR) is 87.1 cm³/mol. The zero-order valence-corrected chi connectivity index (χ0v) is 13.5. The zero-order chi connectivity index (χ0) is 17.6. The molecule has 1 atom stereocenters. The molecule has 2 aromatic rings. The van der Waals surface area contributed by atoms with Crippen LogP contribution in [0.4, 0.5) is 4.79 Å². The highest BCUT2D eigenvalue weighted by Crippen LogP contribution is 2.14. The summed E-state index contributed by atoms with van der Waals surface area (Å²) in [5, 5.41) is 5.26. The molecule has 1 fully saturated rings. The number of aromatic nitrogens is 1. The number of pyridine rings is 1. The van der Waals surface area contributed by atoms with Gasteiger partial charge in [-0.2, -0.15) is 0 Å². The Morgan fingerprint density at radius 1 is 1.28 bits per heavy atom. The number of hydrogen-bond donors (Lipinski definition) is 2. The maximum Gasteiger partial charge on any atom is 0.325 e. The standard InChI is InChI=1S/C17H18N4O4/c22-15(19-8-6-12-4-1-2-7-18-12)10-14-16(23)21(17(24)20-14)11-13-5-3-9-25-13/h1-5,7,9,14H,6,8,10-11H2,(H,19,22)(H,20,24)/t14-/m1/s1. The Morgan fingerprint density at radius 2 is 2.16 bits per heavy atom. The Balaban J connectivity index is 1.46. The molecule has 2 N–H and O–H groups in total. The van der Waals surface area contributed by atoms with Gasteiger partial charge in [-0.1, -0.05) is 6.07 Å². The van der Waals surface area contributed by atoms with Crippen LogP contribution >= 0.6 is 0 Å². The van der Waals surface area contributed by atoms with Crippen LogP contribution in [0.25, 0.3) is 0 Å². The fourth-order valence-corrected chi connectivity index (χ4v) is 2.56. The van der Waals surface area contributed by atoms with E-state index in [4.69, 9.17) is 4.42 Å². The minimum absolute atomic E-state index is 0.0511. The van der Waals surface area contributed by atoms with Crippen LogP contribution in [0.5, 0.6) is 0 Å². The third kappa shape index (κ3) is 4.23. The number of carbonyl (C=O) groups is 3. The van der Waals surface area contributed by atoms with E-state index in [0.717, 1.165) is 10.6 Å². The number of nitrogens with zero attached hydrogens (tertiary/aromatic N) is 2. The molecular formula is C17H18N4O4. The Hall–Kier alpha value is -3.16. The molecule has 0 aliphatic carbocycles. The van der Waals surface area contributed by atoms with Crippen LogP contribution in [0.1, 0.15) is 17.9 Å². The minimum atomic E-state index is -0.850. The van der Waals surface area contributed by atoms with E-state index >= 15 is 0 Å². The number of urea groups is 1. The molecular weight excluding hydrogens is 324 g/mol. The molecule has 2 aromatic heterocycles. The van der Waals surface area contributed by atoms with Crippen molar-refractivity contribution >= 4 is 17.8 Å². The van der Waals surface area contributed by atoms with E-state index in [1.165, 1.54) is 6.26 Å². The first kappa shape index (κ1) is 16.7. The predicted octanol–water partition coefficient (Wildman–Crippen LogP) is 0.844. The highest BCUT2D eigenvalue weighted by molar-refractivity contribution is 6.05. The summed E-state index contributed by atoms with van der Waals surface area (Å²) in [5.41, 5.74) is 0.873. The molecule has 25 heavy (non-hydrogen) atoms. The highest BCUT2D eigenvalue weighted by atomic mass is 16.3. The molecule has 0 spiro atoms. The van der Waals surface area contributed by atoms with E-state index in [0.29, 0.717) is 18.7 Å². The maximum absolute atomic E-state index is 12.3. The van der Waals surface area contributed by atoms with Crippen LogP contribution in [0, 0.1) is 0 Å². The topological polar surface area (TPSA) is 105 Å². The van der Waals surface area contributed by atoms with Crippen molar-refractivity contribution in [2.45, 2.75) is 25.4 Å². The monoisotopic (exact) mass is 342 g/mol. The largest absolute Gasteiger partial charge is 0.467 e. The number of furan rings is 1. The first-order chi connectivity index (χ1) is 12.1. The van der Waals surface area contributed by atoms with Crippen LogP contribution in [0.3, 0.4) is 0 Å². The lowest BCUT2D eigenvalue weighted by atomic mass is 10.2. The molecule has 0 aromatic carbocycles. The van der Waals surface area contributed by atoms with Crippen LogP contribution in [0.2, 0.25) is 0 Å². The van der Waals surface area contributed by atoms with Crippen molar-refractivity contribution in [2.75, 3.05) is 6.54 Å². The van der Waals surface area contributed by atoms with E-state index in [1.807, 2.05) is 18.2 Å². The SMILES string of the molecule is O=C(C[C@H]1NC(=O)N(Cc2ccco2)C1=O)NCCc1ccccn1. The Morgan fingerprint density at radius 3 is 2.88 bits per heavy atom.